The number of aryl methyl sites for hydroxylation is 2. The Balaban J connectivity index is 1.50. The van der Waals surface area contributed by atoms with Gasteiger partial charge in [-0.2, -0.15) is 4.98 Å². The van der Waals surface area contributed by atoms with E-state index in [1.165, 1.54) is 11.8 Å². The predicted molar refractivity (Wildman–Crippen MR) is 141 cm³/mol. The molecule has 1 amide bonds. The van der Waals surface area contributed by atoms with Gasteiger partial charge < -0.3 is 15.2 Å². The molecule has 3 heterocycles. The Hall–Kier alpha value is -3.46. The number of halogens is 1. The van der Waals surface area contributed by atoms with Crippen LogP contribution >= 0.6 is 23.4 Å². The molecule has 9 heteroatoms. The van der Waals surface area contributed by atoms with E-state index in [1.54, 1.807) is 12.3 Å². The molecule has 1 aliphatic rings. The second-order valence-corrected chi connectivity index (χ2v) is 9.80. The van der Waals surface area contributed by atoms with E-state index in [0.717, 1.165) is 22.4 Å². The maximum absolute atomic E-state index is 12.7. The van der Waals surface area contributed by atoms with Gasteiger partial charge in [0.25, 0.3) is 0 Å². The van der Waals surface area contributed by atoms with Crippen molar-refractivity contribution in [3.8, 4) is 23.0 Å². The summed E-state index contributed by atoms with van der Waals surface area (Å²) in [6, 6.07) is 15.0. The number of aliphatic hydroxyl groups excluding tert-OH is 1. The summed E-state index contributed by atoms with van der Waals surface area (Å²) in [5.74, 6) is 1.39. The van der Waals surface area contributed by atoms with Crippen molar-refractivity contribution in [3.63, 3.8) is 0 Å². The molecule has 1 aliphatic heterocycles. The molecule has 7 nitrogen and oxygen atoms in total. The van der Waals surface area contributed by atoms with E-state index in [2.05, 4.69) is 15.3 Å². The molecule has 0 saturated heterocycles. The van der Waals surface area contributed by atoms with Gasteiger partial charge in [-0.25, -0.2) is 4.98 Å². The first-order valence-electron chi connectivity index (χ1n) is 11.3. The van der Waals surface area contributed by atoms with Crippen LogP contribution in [0.4, 0.5) is 5.69 Å². The fourth-order valence-corrected chi connectivity index (χ4v) is 4.99. The fourth-order valence-electron chi connectivity index (χ4n) is 3.94. The van der Waals surface area contributed by atoms with E-state index in [-0.39, 0.29) is 18.3 Å². The van der Waals surface area contributed by atoms with Gasteiger partial charge in [0.1, 0.15) is 5.03 Å². The van der Waals surface area contributed by atoms with Crippen LogP contribution in [0.2, 0.25) is 5.02 Å². The molecule has 36 heavy (non-hydrogen) atoms. The number of pyridine rings is 1. The molecule has 2 aromatic heterocycles. The lowest BCUT2D eigenvalue weighted by Crippen LogP contribution is -2.16. The summed E-state index contributed by atoms with van der Waals surface area (Å²) in [7, 11) is 0. The van der Waals surface area contributed by atoms with Crippen molar-refractivity contribution in [2.45, 2.75) is 31.9 Å². The number of rotatable bonds is 6. The van der Waals surface area contributed by atoms with Crippen LogP contribution in [0.3, 0.4) is 0 Å². The van der Waals surface area contributed by atoms with E-state index < -0.39 is 0 Å². The highest BCUT2D eigenvalue weighted by Crippen LogP contribution is 2.43. The molecule has 2 aromatic carbocycles. The monoisotopic (exact) mass is 518 g/mol. The Morgan fingerprint density at radius 3 is 2.64 bits per heavy atom. The highest BCUT2D eigenvalue weighted by molar-refractivity contribution is 8.00. The summed E-state index contributed by atoms with van der Waals surface area (Å²) in [5.41, 5.74) is 5.52. The third kappa shape index (κ3) is 4.93. The Labute approximate surface area is 217 Å². The van der Waals surface area contributed by atoms with Crippen molar-refractivity contribution in [3.05, 3.63) is 87.7 Å². The number of nitrogens with one attached hydrogen (secondary N) is 1. The van der Waals surface area contributed by atoms with Crippen molar-refractivity contribution < 1.29 is 14.6 Å². The van der Waals surface area contributed by atoms with E-state index in [9.17, 15) is 9.90 Å². The number of nitrogens with zero attached hydrogens (tertiary/aromatic N) is 3. The number of thioether (sulfide) groups is 1. The van der Waals surface area contributed by atoms with Gasteiger partial charge in [0, 0.05) is 35.0 Å². The lowest BCUT2D eigenvalue weighted by Gasteiger charge is -2.24. The number of aromatic nitrogens is 3. The molecular formula is C27H23ClN4O3S. The Bertz CT molecular complexity index is 1460. The van der Waals surface area contributed by atoms with Gasteiger partial charge in [-0.15, -0.1) is 0 Å². The quantitative estimate of drug-likeness (QED) is 0.219. The van der Waals surface area contributed by atoms with Crippen LogP contribution in [0, 0.1) is 13.8 Å². The number of carbonyl (C=O) groups is 1. The van der Waals surface area contributed by atoms with Crippen molar-refractivity contribution in [2.75, 3.05) is 11.1 Å². The highest BCUT2D eigenvalue weighted by Gasteiger charge is 2.28. The van der Waals surface area contributed by atoms with Gasteiger partial charge in [-0.05, 0) is 38.1 Å². The van der Waals surface area contributed by atoms with Gasteiger partial charge in [0.05, 0.1) is 28.6 Å². The lowest BCUT2D eigenvalue weighted by molar-refractivity contribution is -0.113. The maximum atomic E-state index is 12.7. The normalized spacial score (nSPS) is 11.9. The minimum Gasteiger partial charge on any atom is -0.436 e. The molecule has 0 bridgehead atoms. The van der Waals surface area contributed by atoms with Crippen molar-refractivity contribution in [1.29, 1.82) is 0 Å². The summed E-state index contributed by atoms with van der Waals surface area (Å²) in [6.45, 7) is 3.69. The van der Waals surface area contributed by atoms with Crippen LogP contribution in [-0.2, 0) is 17.8 Å². The number of ether oxygens (including phenoxy) is 1. The molecule has 0 spiro atoms. The number of aliphatic hydroxyl groups is 1. The molecule has 0 unspecified atom stereocenters. The van der Waals surface area contributed by atoms with Crippen molar-refractivity contribution >= 4 is 35.0 Å². The second-order valence-electron chi connectivity index (χ2n) is 8.43. The first-order chi connectivity index (χ1) is 17.4. The van der Waals surface area contributed by atoms with Gasteiger partial charge in [0.2, 0.25) is 11.8 Å². The summed E-state index contributed by atoms with van der Waals surface area (Å²) in [4.78, 5) is 26.5. The smallest absolute Gasteiger partial charge is 0.234 e. The topological polar surface area (TPSA) is 97.2 Å². The van der Waals surface area contributed by atoms with E-state index in [1.807, 2.05) is 56.3 Å². The van der Waals surface area contributed by atoms with Gasteiger partial charge >= 0.3 is 0 Å². The number of anilines is 1. The zero-order valence-corrected chi connectivity index (χ0v) is 21.3. The van der Waals surface area contributed by atoms with Crippen molar-refractivity contribution in [1.82, 2.24) is 15.0 Å². The minimum absolute atomic E-state index is 0.147. The standard InChI is InChI=1S/C27H23ClN4O3S/c1-15-7-9-18(10-8-15)30-23(34)14-36-27-21-11-20-17(13-33)12-29-16(2)24(20)35-26(21)31-25(32-27)19-5-3-4-6-22(19)28/h3-10,12,33H,11,13-14H2,1-2H3,(H,30,34). The molecular weight excluding hydrogens is 496 g/mol. The molecule has 4 aromatic rings. The fraction of sp³-hybridized carbons (Fsp3) is 0.185. The minimum atomic E-state index is -0.158. The van der Waals surface area contributed by atoms with Crippen LogP contribution in [0.1, 0.15) is 27.9 Å². The maximum Gasteiger partial charge on any atom is 0.234 e. The zero-order chi connectivity index (χ0) is 25.2. The summed E-state index contributed by atoms with van der Waals surface area (Å²) < 4.78 is 6.23. The molecule has 0 saturated carbocycles. The second kappa shape index (κ2) is 10.3. The molecule has 5 rings (SSSR count). The van der Waals surface area contributed by atoms with Crippen molar-refractivity contribution in [2.24, 2.45) is 0 Å². The molecule has 2 N–H and O–H groups in total. The predicted octanol–water partition coefficient (Wildman–Crippen LogP) is 5.73. The molecule has 0 aliphatic carbocycles. The van der Waals surface area contributed by atoms with Gasteiger partial charge in [0.15, 0.2) is 11.6 Å². The Morgan fingerprint density at radius 2 is 1.89 bits per heavy atom. The average molecular weight is 519 g/mol. The number of hydrogen-bond acceptors (Lipinski definition) is 7. The van der Waals surface area contributed by atoms with Gasteiger partial charge in [-0.3, -0.25) is 9.78 Å². The van der Waals surface area contributed by atoms with Crippen LogP contribution < -0.4 is 10.1 Å². The van der Waals surface area contributed by atoms with E-state index >= 15 is 0 Å². The SMILES string of the molecule is Cc1ccc(NC(=O)CSc2nc(-c3ccccc3Cl)nc3c2Cc2c(CO)cnc(C)c2O3)cc1. The molecule has 0 atom stereocenters. The average Bonchev–Trinajstić information content (AvgIpc) is 2.88. The van der Waals surface area contributed by atoms with E-state index in [4.69, 9.17) is 21.3 Å². The first kappa shape index (κ1) is 24.2. The molecule has 0 radical (unpaired) electrons. The number of amides is 1. The largest absolute Gasteiger partial charge is 0.436 e. The number of carbonyl (C=O) groups excluding carboxylic acids is 1. The molecule has 0 fully saturated rings. The third-order valence-electron chi connectivity index (χ3n) is 5.85. The first-order valence-corrected chi connectivity index (χ1v) is 12.7. The highest BCUT2D eigenvalue weighted by atomic mass is 35.5. The third-order valence-corrected chi connectivity index (χ3v) is 7.20. The van der Waals surface area contributed by atoms with Crippen LogP contribution in [-0.4, -0.2) is 31.7 Å². The van der Waals surface area contributed by atoms with E-state index in [0.29, 0.717) is 50.7 Å². The Morgan fingerprint density at radius 1 is 1.11 bits per heavy atom. The summed E-state index contributed by atoms with van der Waals surface area (Å²) in [6.07, 6.45) is 2.11. The van der Waals surface area contributed by atoms with Gasteiger partial charge in [-0.1, -0.05) is 53.2 Å². The lowest BCUT2D eigenvalue weighted by atomic mass is 9.99. The Kier molecular flexibility index (Phi) is 6.91. The van der Waals surface area contributed by atoms with Crippen LogP contribution in [0.5, 0.6) is 11.6 Å². The number of fused-ring (bicyclic) bond motifs is 2. The number of hydrogen-bond donors (Lipinski definition) is 2. The zero-order valence-electron chi connectivity index (χ0n) is 19.7. The summed E-state index contributed by atoms with van der Waals surface area (Å²) >= 11 is 7.75. The molecule has 182 valence electrons. The van der Waals surface area contributed by atoms with Crippen LogP contribution in [0.15, 0.2) is 59.8 Å². The van der Waals surface area contributed by atoms with Crippen LogP contribution in [0.25, 0.3) is 11.4 Å². The number of benzene rings is 2. The summed E-state index contributed by atoms with van der Waals surface area (Å²) in [5, 5.41) is 13.9.